The highest BCUT2D eigenvalue weighted by atomic mass is 16.2. The highest BCUT2D eigenvalue weighted by Gasteiger charge is 2.34. The summed E-state index contributed by atoms with van der Waals surface area (Å²) >= 11 is 0. The quantitative estimate of drug-likeness (QED) is 0.907. The lowest BCUT2D eigenvalue weighted by Crippen LogP contribution is -2.38. The number of carbonyl (C=O) groups excluding carboxylic acids is 1. The molecule has 0 aromatic heterocycles. The van der Waals surface area contributed by atoms with Crippen LogP contribution in [0.4, 0.5) is 0 Å². The van der Waals surface area contributed by atoms with Crippen LogP contribution in [0.5, 0.6) is 0 Å². The molecular formula is C18H26N2O. The minimum Gasteiger partial charge on any atom is -0.335 e. The molecule has 114 valence electrons. The zero-order chi connectivity index (χ0) is 14.7. The number of hydrogen-bond acceptors (Lipinski definition) is 2. The highest BCUT2D eigenvalue weighted by Crippen LogP contribution is 2.34. The van der Waals surface area contributed by atoms with Crippen LogP contribution in [0.15, 0.2) is 30.3 Å². The molecule has 21 heavy (non-hydrogen) atoms. The number of hydrogen-bond donors (Lipinski definition) is 1. The van der Waals surface area contributed by atoms with E-state index in [0.717, 1.165) is 38.6 Å². The van der Waals surface area contributed by atoms with Crippen molar-refractivity contribution in [1.82, 2.24) is 4.90 Å². The van der Waals surface area contributed by atoms with Crippen LogP contribution in [0.1, 0.15) is 56.6 Å². The second-order valence-corrected chi connectivity index (χ2v) is 6.58. The summed E-state index contributed by atoms with van der Waals surface area (Å²) in [5.41, 5.74) is 7.29. The molecule has 3 rings (SSSR count). The third-order valence-corrected chi connectivity index (χ3v) is 5.04. The predicted octanol–water partition coefficient (Wildman–Crippen LogP) is 3.26. The lowest BCUT2D eigenvalue weighted by Gasteiger charge is -2.32. The fourth-order valence-electron chi connectivity index (χ4n) is 3.87. The Morgan fingerprint density at radius 1 is 1.05 bits per heavy atom. The molecule has 0 spiro atoms. The lowest BCUT2D eigenvalue weighted by atomic mass is 9.98. The Kier molecular flexibility index (Phi) is 4.59. The summed E-state index contributed by atoms with van der Waals surface area (Å²) in [6.45, 7) is 0.907. The molecule has 1 aromatic rings. The van der Waals surface area contributed by atoms with Gasteiger partial charge in [-0.25, -0.2) is 0 Å². The van der Waals surface area contributed by atoms with Crippen LogP contribution in [0.2, 0.25) is 0 Å². The van der Waals surface area contributed by atoms with Crippen LogP contribution >= 0.6 is 0 Å². The van der Waals surface area contributed by atoms with E-state index in [4.69, 9.17) is 5.73 Å². The Hall–Kier alpha value is -1.35. The Morgan fingerprint density at radius 2 is 1.86 bits per heavy atom. The molecular weight excluding hydrogens is 260 g/mol. The van der Waals surface area contributed by atoms with Crippen LogP contribution in [0, 0.1) is 5.92 Å². The van der Waals surface area contributed by atoms with E-state index in [-0.39, 0.29) is 18.0 Å². The second-order valence-electron chi connectivity index (χ2n) is 6.58. The van der Waals surface area contributed by atoms with E-state index in [0.29, 0.717) is 5.91 Å². The van der Waals surface area contributed by atoms with Crippen molar-refractivity contribution >= 4 is 5.91 Å². The molecule has 3 nitrogen and oxygen atoms in total. The van der Waals surface area contributed by atoms with Crippen LogP contribution in [0.3, 0.4) is 0 Å². The van der Waals surface area contributed by atoms with Crippen LogP contribution in [-0.4, -0.2) is 23.4 Å². The number of rotatable bonds is 2. The number of nitrogens with zero attached hydrogens (tertiary/aromatic N) is 1. The summed E-state index contributed by atoms with van der Waals surface area (Å²) in [5, 5.41) is 0. The average molecular weight is 286 g/mol. The zero-order valence-electron chi connectivity index (χ0n) is 12.7. The number of likely N-dealkylation sites (tertiary alicyclic amines) is 1. The fourth-order valence-corrected chi connectivity index (χ4v) is 3.87. The first-order chi connectivity index (χ1) is 10.3. The van der Waals surface area contributed by atoms with Crippen molar-refractivity contribution in [2.75, 3.05) is 6.54 Å². The number of benzene rings is 1. The minimum atomic E-state index is 0.157. The summed E-state index contributed by atoms with van der Waals surface area (Å²) in [7, 11) is 0. The maximum Gasteiger partial charge on any atom is 0.226 e. The molecule has 3 unspecified atom stereocenters. The largest absolute Gasteiger partial charge is 0.335 e. The average Bonchev–Trinajstić information content (AvgIpc) is 2.81. The van der Waals surface area contributed by atoms with Gasteiger partial charge in [-0.1, -0.05) is 43.2 Å². The lowest BCUT2D eigenvalue weighted by molar-refractivity contribution is -0.137. The van der Waals surface area contributed by atoms with Gasteiger partial charge < -0.3 is 10.6 Å². The first kappa shape index (κ1) is 14.6. The Balaban J connectivity index is 1.80. The van der Waals surface area contributed by atoms with Gasteiger partial charge in [0.1, 0.15) is 0 Å². The Morgan fingerprint density at radius 3 is 2.57 bits per heavy atom. The maximum atomic E-state index is 13.0. The van der Waals surface area contributed by atoms with E-state index in [1.807, 2.05) is 6.07 Å². The maximum absolute atomic E-state index is 13.0. The van der Waals surface area contributed by atoms with E-state index >= 15 is 0 Å². The van der Waals surface area contributed by atoms with Gasteiger partial charge in [0.25, 0.3) is 0 Å². The zero-order valence-corrected chi connectivity index (χ0v) is 12.7. The second kappa shape index (κ2) is 6.61. The van der Waals surface area contributed by atoms with Gasteiger partial charge >= 0.3 is 0 Å². The van der Waals surface area contributed by atoms with E-state index in [9.17, 15) is 4.79 Å². The SMILES string of the molecule is NC1CCC(C(=O)N2CCCCCC2c2ccccc2)C1. The van der Waals surface area contributed by atoms with Gasteiger partial charge in [-0.15, -0.1) is 0 Å². The molecule has 1 saturated carbocycles. The van der Waals surface area contributed by atoms with E-state index in [1.165, 1.54) is 18.4 Å². The van der Waals surface area contributed by atoms with Crippen molar-refractivity contribution in [3.05, 3.63) is 35.9 Å². The highest BCUT2D eigenvalue weighted by molar-refractivity contribution is 5.79. The molecule has 2 N–H and O–H groups in total. The van der Waals surface area contributed by atoms with Gasteiger partial charge in [0.2, 0.25) is 5.91 Å². The minimum absolute atomic E-state index is 0.157. The van der Waals surface area contributed by atoms with Crippen molar-refractivity contribution in [3.63, 3.8) is 0 Å². The van der Waals surface area contributed by atoms with Crippen LogP contribution in [0.25, 0.3) is 0 Å². The van der Waals surface area contributed by atoms with Gasteiger partial charge in [0.05, 0.1) is 6.04 Å². The van der Waals surface area contributed by atoms with Gasteiger partial charge in [0, 0.05) is 18.5 Å². The van der Waals surface area contributed by atoms with Crippen molar-refractivity contribution in [2.24, 2.45) is 11.7 Å². The molecule has 3 heteroatoms. The molecule has 0 radical (unpaired) electrons. The Bertz CT molecular complexity index is 473. The first-order valence-electron chi connectivity index (χ1n) is 8.36. The topological polar surface area (TPSA) is 46.3 Å². The summed E-state index contributed by atoms with van der Waals surface area (Å²) < 4.78 is 0. The molecule has 2 fully saturated rings. The molecule has 1 aliphatic heterocycles. The fraction of sp³-hybridized carbons (Fsp3) is 0.611. The van der Waals surface area contributed by atoms with Gasteiger partial charge in [-0.3, -0.25) is 4.79 Å². The summed E-state index contributed by atoms with van der Waals surface area (Å²) in [4.78, 5) is 15.1. The van der Waals surface area contributed by atoms with Crippen molar-refractivity contribution in [3.8, 4) is 0 Å². The monoisotopic (exact) mass is 286 g/mol. The molecule has 2 aliphatic rings. The Labute approximate surface area is 127 Å². The molecule has 1 aromatic carbocycles. The standard InChI is InChI=1S/C18H26N2O/c19-16-11-10-15(13-16)18(21)20-12-6-2-5-9-17(20)14-7-3-1-4-8-14/h1,3-4,7-8,15-17H,2,5-6,9-13,19H2. The van der Waals surface area contributed by atoms with E-state index in [1.54, 1.807) is 0 Å². The first-order valence-corrected chi connectivity index (χ1v) is 8.36. The van der Waals surface area contributed by atoms with Crippen LogP contribution < -0.4 is 5.73 Å². The summed E-state index contributed by atoms with van der Waals surface area (Å²) in [5.74, 6) is 0.503. The molecule has 1 aliphatic carbocycles. The van der Waals surface area contributed by atoms with Gasteiger partial charge in [-0.2, -0.15) is 0 Å². The summed E-state index contributed by atoms with van der Waals surface area (Å²) in [6.07, 6.45) is 7.52. The molecule has 1 heterocycles. The number of carbonyl (C=O) groups is 1. The van der Waals surface area contributed by atoms with Gasteiger partial charge in [0.15, 0.2) is 0 Å². The van der Waals surface area contributed by atoms with E-state index in [2.05, 4.69) is 29.2 Å². The summed E-state index contributed by atoms with van der Waals surface area (Å²) in [6, 6.07) is 11.0. The van der Waals surface area contributed by atoms with E-state index < -0.39 is 0 Å². The van der Waals surface area contributed by atoms with Crippen molar-refractivity contribution in [1.29, 1.82) is 0 Å². The van der Waals surface area contributed by atoms with Gasteiger partial charge in [-0.05, 0) is 37.7 Å². The smallest absolute Gasteiger partial charge is 0.226 e. The molecule has 0 bridgehead atoms. The normalized spacial score (nSPS) is 30.1. The van der Waals surface area contributed by atoms with Crippen LogP contribution in [-0.2, 0) is 4.79 Å². The molecule has 3 atom stereocenters. The third-order valence-electron chi connectivity index (χ3n) is 5.04. The third kappa shape index (κ3) is 3.29. The number of amides is 1. The van der Waals surface area contributed by atoms with Crippen molar-refractivity contribution in [2.45, 2.75) is 57.0 Å². The predicted molar refractivity (Wildman–Crippen MR) is 84.7 cm³/mol. The number of nitrogens with two attached hydrogens (primary N) is 1. The molecule has 1 saturated heterocycles. The molecule has 1 amide bonds. The van der Waals surface area contributed by atoms with Crippen molar-refractivity contribution < 1.29 is 4.79 Å².